The first kappa shape index (κ1) is 12.0. The summed E-state index contributed by atoms with van der Waals surface area (Å²) >= 11 is 0. The van der Waals surface area contributed by atoms with E-state index in [1.165, 1.54) is 5.56 Å². The van der Waals surface area contributed by atoms with Crippen molar-refractivity contribution in [3.05, 3.63) is 42.0 Å². The minimum Gasteiger partial charge on any atom is -0.374 e. The molecule has 0 unspecified atom stereocenters. The average molecular weight is 204 g/mol. The smallest absolute Gasteiger partial charge is 0.0654 e. The second-order valence-corrected chi connectivity index (χ2v) is 3.58. The Kier molecular flexibility index (Phi) is 5.79. The standard InChI is InChI=1S/C14H20O/c1-3-14(4-2)15-12-8-11-13-9-6-5-7-10-13/h5-11,14H,3-4,12H2,1-2H3. The van der Waals surface area contributed by atoms with Crippen LogP contribution < -0.4 is 0 Å². The van der Waals surface area contributed by atoms with E-state index in [2.05, 4.69) is 38.1 Å². The van der Waals surface area contributed by atoms with E-state index in [0.717, 1.165) is 12.8 Å². The van der Waals surface area contributed by atoms with Crippen LogP contribution in [0, 0.1) is 0 Å². The van der Waals surface area contributed by atoms with E-state index in [4.69, 9.17) is 4.74 Å². The predicted molar refractivity (Wildman–Crippen MR) is 65.8 cm³/mol. The van der Waals surface area contributed by atoms with Crippen molar-refractivity contribution in [3.63, 3.8) is 0 Å². The van der Waals surface area contributed by atoms with Crippen LogP contribution in [0.3, 0.4) is 0 Å². The lowest BCUT2D eigenvalue weighted by atomic mass is 10.2. The van der Waals surface area contributed by atoms with E-state index < -0.39 is 0 Å². The van der Waals surface area contributed by atoms with Gasteiger partial charge in [-0.05, 0) is 18.4 Å². The highest BCUT2D eigenvalue weighted by Crippen LogP contribution is 2.04. The summed E-state index contributed by atoms with van der Waals surface area (Å²) in [6, 6.07) is 10.3. The summed E-state index contributed by atoms with van der Waals surface area (Å²) in [5.41, 5.74) is 1.23. The second kappa shape index (κ2) is 7.24. The van der Waals surface area contributed by atoms with Crippen LogP contribution in [0.2, 0.25) is 0 Å². The molecule has 0 amide bonds. The first-order valence-corrected chi connectivity index (χ1v) is 5.70. The Hall–Kier alpha value is -1.08. The van der Waals surface area contributed by atoms with Crippen LogP contribution in [0.25, 0.3) is 6.08 Å². The summed E-state index contributed by atoms with van der Waals surface area (Å²) in [4.78, 5) is 0. The Morgan fingerprint density at radius 1 is 1.13 bits per heavy atom. The lowest BCUT2D eigenvalue weighted by molar-refractivity contribution is 0.0691. The molecule has 0 N–H and O–H groups in total. The molecule has 0 radical (unpaired) electrons. The molecule has 0 bridgehead atoms. The molecule has 0 aliphatic heterocycles. The summed E-state index contributed by atoms with van der Waals surface area (Å²) in [7, 11) is 0. The highest BCUT2D eigenvalue weighted by molar-refractivity contribution is 5.48. The largest absolute Gasteiger partial charge is 0.374 e. The van der Waals surface area contributed by atoms with Gasteiger partial charge in [-0.15, -0.1) is 0 Å². The molecule has 15 heavy (non-hydrogen) atoms. The molecule has 1 rings (SSSR count). The third-order valence-electron chi connectivity index (χ3n) is 2.45. The van der Waals surface area contributed by atoms with Crippen LogP contribution in [0.1, 0.15) is 32.3 Å². The first-order chi connectivity index (χ1) is 7.36. The van der Waals surface area contributed by atoms with Gasteiger partial charge in [0.2, 0.25) is 0 Å². The van der Waals surface area contributed by atoms with Gasteiger partial charge in [0.05, 0.1) is 12.7 Å². The summed E-state index contributed by atoms with van der Waals surface area (Å²) < 4.78 is 5.68. The van der Waals surface area contributed by atoms with Gasteiger partial charge in [-0.25, -0.2) is 0 Å². The fourth-order valence-electron chi connectivity index (χ4n) is 1.46. The molecular weight excluding hydrogens is 184 g/mol. The van der Waals surface area contributed by atoms with Crippen molar-refractivity contribution in [2.24, 2.45) is 0 Å². The molecule has 0 aliphatic rings. The van der Waals surface area contributed by atoms with E-state index in [-0.39, 0.29) is 0 Å². The molecule has 0 fully saturated rings. The van der Waals surface area contributed by atoms with E-state index in [0.29, 0.717) is 12.7 Å². The number of hydrogen-bond donors (Lipinski definition) is 0. The highest BCUT2D eigenvalue weighted by atomic mass is 16.5. The van der Waals surface area contributed by atoms with Gasteiger partial charge in [-0.2, -0.15) is 0 Å². The quantitative estimate of drug-likeness (QED) is 0.682. The highest BCUT2D eigenvalue weighted by Gasteiger charge is 1.99. The van der Waals surface area contributed by atoms with Crippen LogP contribution in [0.5, 0.6) is 0 Å². The van der Waals surface area contributed by atoms with Gasteiger partial charge in [-0.1, -0.05) is 56.3 Å². The molecule has 0 aliphatic carbocycles. The van der Waals surface area contributed by atoms with Gasteiger partial charge in [0.1, 0.15) is 0 Å². The summed E-state index contributed by atoms with van der Waals surface area (Å²) in [5.74, 6) is 0. The van der Waals surface area contributed by atoms with Crippen molar-refractivity contribution in [2.45, 2.75) is 32.8 Å². The van der Waals surface area contributed by atoms with Crippen molar-refractivity contribution in [3.8, 4) is 0 Å². The molecule has 1 aromatic rings. The molecule has 0 spiro atoms. The SMILES string of the molecule is CCC(CC)OCC=Cc1ccccc1. The van der Waals surface area contributed by atoms with Crippen LogP contribution in [-0.4, -0.2) is 12.7 Å². The monoisotopic (exact) mass is 204 g/mol. The third-order valence-corrected chi connectivity index (χ3v) is 2.45. The van der Waals surface area contributed by atoms with E-state index >= 15 is 0 Å². The Morgan fingerprint density at radius 2 is 1.80 bits per heavy atom. The molecule has 0 atom stereocenters. The lowest BCUT2D eigenvalue weighted by Crippen LogP contribution is -2.09. The van der Waals surface area contributed by atoms with Crippen molar-refractivity contribution >= 4 is 6.08 Å². The van der Waals surface area contributed by atoms with Crippen molar-refractivity contribution in [2.75, 3.05) is 6.61 Å². The third kappa shape index (κ3) is 4.80. The van der Waals surface area contributed by atoms with Gasteiger partial charge in [0, 0.05) is 0 Å². The van der Waals surface area contributed by atoms with E-state index in [1.54, 1.807) is 0 Å². The van der Waals surface area contributed by atoms with Gasteiger partial charge < -0.3 is 4.74 Å². The normalized spacial score (nSPS) is 11.4. The molecule has 0 saturated carbocycles. The maximum atomic E-state index is 5.68. The van der Waals surface area contributed by atoms with Crippen LogP contribution in [0.15, 0.2) is 36.4 Å². The first-order valence-electron chi connectivity index (χ1n) is 5.70. The molecule has 0 saturated heterocycles. The molecule has 0 heterocycles. The number of hydrogen-bond acceptors (Lipinski definition) is 1. The fourth-order valence-corrected chi connectivity index (χ4v) is 1.46. The van der Waals surface area contributed by atoms with Gasteiger partial charge >= 0.3 is 0 Å². The van der Waals surface area contributed by atoms with Crippen molar-refractivity contribution < 1.29 is 4.74 Å². The minimum atomic E-state index is 0.408. The van der Waals surface area contributed by atoms with E-state index in [9.17, 15) is 0 Å². The molecule has 82 valence electrons. The molecule has 1 aromatic carbocycles. The zero-order valence-electron chi connectivity index (χ0n) is 9.65. The Balaban J connectivity index is 2.28. The Morgan fingerprint density at radius 3 is 2.40 bits per heavy atom. The van der Waals surface area contributed by atoms with E-state index in [1.807, 2.05) is 18.2 Å². The van der Waals surface area contributed by atoms with Gasteiger partial charge in [0.25, 0.3) is 0 Å². The molecule has 1 nitrogen and oxygen atoms in total. The summed E-state index contributed by atoms with van der Waals surface area (Å²) in [6.45, 7) is 5.03. The zero-order valence-corrected chi connectivity index (χ0v) is 9.65. The molecule has 1 heteroatoms. The predicted octanol–water partition coefficient (Wildman–Crippen LogP) is 3.91. The van der Waals surface area contributed by atoms with Crippen LogP contribution in [-0.2, 0) is 4.74 Å². The Bertz CT molecular complexity index is 273. The second-order valence-electron chi connectivity index (χ2n) is 3.58. The number of ether oxygens (including phenoxy) is 1. The summed E-state index contributed by atoms with van der Waals surface area (Å²) in [5, 5.41) is 0. The molecule has 0 aromatic heterocycles. The average Bonchev–Trinajstić information content (AvgIpc) is 2.31. The Labute approximate surface area is 92.8 Å². The van der Waals surface area contributed by atoms with Gasteiger partial charge in [0.15, 0.2) is 0 Å². The fraction of sp³-hybridized carbons (Fsp3) is 0.429. The van der Waals surface area contributed by atoms with Crippen LogP contribution in [0.4, 0.5) is 0 Å². The number of benzene rings is 1. The number of rotatable bonds is 6. The maximum Gasteiger partial charge on any atom is 0.0654 e. The lowest BCUT2D eigenvalue weighted by Gasteiger charge is -2.11. The summed E-state index contributed by atoms with van der Waals surface area (Å²) in [6.07, 6.45) is 6.77. The molecular formula is C14H20O. The van der Waals surface area contributed by atoms with Crippen LogP contribution >= 0.6 is 0 Å². The zero-order chi connectivity index (χ0) is 10.9. The topological polar surface area (TPSA) is 9.23 Å². The van der Waals surface area contributed by atoms with Crippen molar-refractivity contribution in [1.82, 2.24) is 0 Å². The maximum absolute atomic E-state index is 5.68. The van der Waals surface area contributed by atoms with Crippen molar-refractivity contribution in [1.29, 1.82) is 0 Å². The van der Waals surface area contributed by atoms with Gasteiger partial charge in [-0.3, -0.25) is 0 Å². The minimum absolute atomic E-state index is 0.408.